The molecule has 0 aromatic heterocycles. The molecule has 1 heterocycles. The van der Waals surface area contributed by atoms with Crippen LogP contribution in [-0.4, -0.2) is 23.7 Å². The van der Waals surface area contributed by atoms with Gasteiger partial charge in [-0.15, -0.1) is 0 Å². The SMILES string of the molecule is O=C(NC1CCCCNC1=S)Oc1cccc(F)c1F. The first kappa shape index (κ1) is 14.6. The van der Waals surface area contributed by atoms with Gasteiger partial charge in [0.1, 0.15) is 0 Å². The van der Waals surface area contributed by atoms with E-state index >= 15 is 0 Å². The molecular weight excluding hydrogens is 286 g/mol. The molecule has 2 N–H and O–H groups in total. The van der Waals surface area contributed by atoms with Crippen LogP contribution in [0.3, 0.4) is 0 Å². The third-order valence-electron chi connectivity index (χ3n) is 2.95. The van der Waals surface area contributed by atoms with Crippen molar-refractivity contribution in [1.82, 2.24) is 10.6 Å². The van der Waals surface area contributed by atoms with E-state index in [1.54, 1.807) is 0 Å². The maximum absolute atomic E-state index is 13.4. The first-order valence-corrected chi connectivity index (χ1v) is 6.69. The van der Waals surface area contributed by atoms with E-state index < -0.39 is 23.5 Å². The Hall–Kier alpha value is -1.76. The molecule has 7 heteroatoms. The van der Waals surface area contributed by atoms with Crippen LogP contribution in [-0.2, 0) is 0 Å². The van der Waals surface area contributed by atoms with Crippen LogP contribution in [0.2, 0.25) is 0 Å². The smallest absolute Gasteiger partial charge is 0.407 e. The lowest BCUT2D eigenvalue weighted by Crippen LogP contribution is -2.45. The first-order chi connectivity index (χ1) is 9.58. The van der Waals surface area contributed by atoms with Crippen LogP contribution in [0.5, 0.6) is 5.75 Å². The third-order valence-corrected chi connectivity index (χ3v) is 3.38. The van der Waals surface area contributed by atoms with Gasteiger partial charge in [0.2, 0.25) is 5.82 Å². The molecule has 4 nitrogen and oxygen atoms in total. The highest BCUT2D eigenvalue weighted by molar-refractivity contribution is 7.80. The van der Waals surface area contributed by atoms with E-state index in [-0.39, 0.29) is 6.04 Å². The first-order valence-electron chi connectivity index (χ1n) is 6.28. The number of carbonyl (C=O) groups excluding carboxylic acids is 1. The minimum absolute atomic E-state index is 0.350. The Labute approximate surface area is 120 Å². The van der Waals surface area contributed by atoms with Crippen molar-refractivity contribution >= 4 is 23.3 Å². The summed E-state index contributed by atoms with van der Waals surface area (Å²) in [4.78, 5) is 12.2. The number of benzene rings is 1. The molecule has 1 saturated heterocycles. The van der Waals surface area contributed by atoms with Gasteiger partial charge in [0, 0.05) is 6.54 Å². The van der Waals surface area contributed by atoms with Crippen molar-refractivity contribution < 1.29 is 18.3 Å². The lowest BCUT2D eigenvalue weighted by atomic mass is 10.1. The third kappa shape index (κ3) is 3.63. The molecule has 1 aliphatic heterocycles. The van der Waals surface area contributed by atoms with Crippen molar-refractivity contribution in [3.8, 4) is 5.75 Å². The highest BCUT2D eigenvalue weighted by Gasteiger charge is 2.21. The van der Waals surface area contributed by atoms with Crippen molar-refractivity contribution in [1.29, 1.82) is 0 Å². The van der Waals surface area contributed by atoms with Crippen molar-refractivity contribution in [2.75, 3.05) is 6.54 Å². The van der Waals surface area contributed by atoms with Gasteiger partial charge in [-0.05, 0) is 31.4 Å². The molecule has 0 bridgehead atoms. The van der Waals surface area contributed by atoms with E-state index in [9.17, 15) is 13.6 Å². The predicted molar refractivity (Wildman–Crippen MR) is 73.8 cm³/mol. The Morgan fingerprint density at radius 1 is 1.40 bits per heavy atom. The fraction of sp³-hybridized carbons (Fsp3) is 0.385. The molecule has 1 aliphatic rings. The summed E-state index contributed by atoms with van der Waals surface area (Å²) in [6, 6.07) is 3.04. The summed E-state index contributed by atoms with van der Waals surface area (Å²) >= 11 is 5.13. The number of ether oxygens (including phenoxy) is 1. The van der Waals surface area contributed by atoms with Crippen molar-refractivity contribution in [3.05, 3.63) is 29.8 Å². The average molecular weight is 300 g/mol. The number of halogens is 2. The molecule has 0 aliphatic carbocycles. The Morgan fingerprint density at radius 2 is 2.20 bits per heavy atom. The summed E-state index contributed by atoms with van der Waals surface area (Å²) in [6.45, 7) is 0.768. The number of carbonyl (C=O) groups is 1. The minimum Gasteiger partial charge on any atom is -0.407 e. The lowest BCUT2D eigenvalue weighted by molar-refractivity contribution is 0.195. The Bertz CT molecular complexity index is 525. The van der Waals surface area contributed by atoms with E-state index in [1.807, 2.05) is 0 Å². The highest BCUT2D eigenvalue weighted by atomic mass is 32.1. The number of thiocarbonyl (C=S) groups is 1. The van der Waals surface area contributed by atoms with Gasteiger partial charge in [-0.2, -0.15) is 4.39 Å². The molecule has 1 aromatic rings. The van der Waals surface area contributed by atoms with Crippen LogP contribution < -0.4 is 15.4 Å². The van der Waals surface area contributed by atoms with Crippen molar-refractivity contribution in [2.24, 2.45) is 0 Å². The molecule has 0 radical (unpaired) electrons. The zero-order chi connectivity index (χ0) is 14.5. The quantitative estimate of drug-likeness (QED) is 0.824. The van der Waals surface area contributed by atoms with Crippen LogP contribution in [0.1, 0.15) is 19.3 Å². The predicted octanol–water partition coefficient (Wildman–Crippen LogP) is 2.52. The van der Waals surface area contributed by atoms with Crippen LogP contribution in [0.15, 0.2) is 18.2 Å². The van der Waals surface area contributed by atoms with E-state index in [0.717, 1.165) is 25.5 Å². The van der Waals surface area contributed by atoms with Gasteiger partial charge in [-0.1, -0.05) is 18.3 Å². The monoisotopic (exact) mass is 300 g/mol. The zero-order valence-corrected chi connectivity index (χ0v) is 11.4. The van der Waals surface area contributed by atoms with E-state index in [0.29, 0.717) is 11.4 Å². The Balaban J connectivity index is 1.98. The maximum atomic E-state index is 13.4. The fourth-order valence-corrected chi connectivity index (χ4v) is 2.19. The van der Waals surface area contributed by atoms with Gasteiger partial charge in [-0.25, -0.2) is 9.18 Å². The summed E-state index contributed by atoms with van der Waals surface area (Å²) < 4.78 is 31.1. The molecule has 2 rings (SSSR count). The molecule has 0 spiro atoms. The summed E-state index contributed by atoms with van der Waals surface area (Å²) in [6.07, 6.45) is 1.70. The van der Waals surface area contributed by atoms with Gasteiger partial charge < -0.3 is 15.4 Å². The molecule has 0 saturated carbocycles. The maximum Gasteiger partial charge on any atom is 0.413 e. The molecule has 1 fully saturated rings. The van der Waals surface area contributed by atoms with Crippen LogP contribution in [0, 0.1) is 11.6 Å². The largest absolute Gasteiger partial charge is 0.413 e. The van der Waals surface area contributed by atoms with Gasteiger partial charge in [0.05, 0.1) is 11.0 Å². The van der Waals surface area contributed by atoms with Gasteiger partial charge >= 0.3 is 6.09 Å². The van der Waals surface area contributed by atoms with Crippen molar-refractivity contribution in [3.63, 3.8) is 0 Å². The Kier molecular flexibility index (Phi) is 4.84. The van der Waals surface area contributed by atoms with Gasteiger partial charge in [0.15, 0.2) is 11.6 Å². The van der Waals surface area contributed by atoms with E-state index in [4.69, 9.17) is 17.0 Å². The second-order valence-corrected chi connectivity index (χ2v) is 4.87. The van der Waals surface area contributed by atoms with Gasteiger partial charge in [0.25, 0.3) is 0 Å². The van der Waals surface area contributed by atoms with E-state index in [1.165, 1.54) is 12.1 Å². The molecule has 1 unspecified atom stereocenters. The number of nitrogens with one attached hydrogen (secondary N) is 2. The number of amides is 1. The molecule has 1 aromatic carbocycles. The molecular formula is C13H14F2N2O2S. The zero-order valence-electron chi connectivity index (χ0n) is 10.6. The molecule has 1 atom stereocenters. The highest BCUT2D eigenvalue weighted by Crippen LogP contribution is 2.19. The normalized spacial score (nSPS) is 18.9. The average Bonchev–Trinajstić information content (AvgIpc) is 2.61. The minimum atomic E-state index is -1.19. The standard InChI is InChI=1S/C13H14F2N2O2S/c14-8-4-3-6-10(11(8)15)19-13(18)17-9-5-1-2-7-16-12(9)20/h3-4,6,9H,1-2,5,7H2,(H,16,20)(H,17,18). The summed E-state index contributed by atoms with van der Waals surface area (Å²) in [7, 11) is 0. The Morgan fingerprint density at radius 3 is 3.00 bits per heavy atom. The van der Waals surface area contributed by atoms with E-state index in [2.05, 4.69) is 10.6 Å². The number of rotatable bonds is 2. The molecule has 1 amide bonds. The number of hydrogen-bond donors (Lipinski definition) is 2. The van der Waals surface area contributed by atoms with Crippen LogP contribution in [0.4, 0.5) is 13.6 Å². The van der Waals surface area contributed by atoms with Crippen LogP contribution in [0.25, 0.3) is 0 Å². The summed E-state index contributed by atoms with van der Waals surface area (Å²) in [5, 5.41) is 5.56. The van der Waals surface area contributed by atoms with Crippen LogP contribution >= 0.6 is 12.2 Å². The molecule has 108 valence electrons. The second kappa shape index (κ2) is 6.60. The summed E-state index contributed by atoms with van der Waals surface area (Å²) in [5.74, 6) is -2.71. The molecule has 20 heavy (non-hydrogen) atoms. The topological polar surface area (TPSA) is 50.4 Å². The van der Waals surface area contributed by atoms with Crippen molar-refractivity contribution in [2.45, 2.75) is 25.3 Å². The fourth-order valence-electron chi connectivity index (χ4n) is 1.91. The second-order valence-electron chi connectivity index (χ2n) is 4.43. The van der Waals surface area contributed by atoms with Gasteiger partial charge in [-0.3, -0.25) is 0 Å². The number of hydrogen-bond acceptors (Lipinski definition) is 3. The lowest BCUT2D eigenvalue weighted by Gasteiger charge is -2.17. The summed E-state index contributed by atoms with van der Waals surface area (Å²) in [5.41, 5.74) is 0.